The molecule has 4 rings (SSSR count). The topological polar surface area (TPSA) is 75.6 Å². The highest BCUT2D eigenvalue weighted by atomic mass is 16.5. The van der Waals surface area contributed by atoms with Crippen LogP contribution in [0.25, 0.3) is 6.08 Å². The Kier molecular flexibility index (Phi) is 7.07. The van der Waals surface area contributed by atoms with Crippen LogP contribution in [0, 0.1) is 0 Å². The normalized spacial score (nSPS) is 13.8. The number of benzene rings is 2. The van der Waals surface area contributed by atoms with Crippen LogP contribution in [0.2, 0.25) is 0 Å². The lowest BCUT2D eigenvalue weighted by molar-refractivity contribution is -0.111. The first-order valence-corrected chi connectivity index (χ1v) is 11.5. The van der Waals surface area contributed by atoms with Gasteiger partial charge in [-0.15, -0.1) is 0 Å². The highest BCUT2D eigenvalue weighted by molar-refractivity contribution is 6.02. The summed E-state index contributed by atoms with van der Waals surface area (Å²) in [5, 5.41) is 6.21. The number of hydrogen-bond acceptors (Lipinski definition) is 5. The quantitative estimate of drug-likeness (QED) is 0.478. The third kappa shape index (κ3) is 6.32. The highest BCUT2D eigenvalue weighted by Gasteiger charge is 2.14. The number of pyridine rings is 1. The number of hydrogen-bond donors (Lipinski definition) is 2. The Labute approximate surface area is 200 Å². The molecule has 6 heteroatoms. The van der Waals surface area contributed by atoms with Crippen molar-refractivity contribution < 1.29 is 9.53 Å². The van der Waals surface area contributed by atoms with Gasteiger partial charge in [-0.3, -0.25) is 14.8 Å². The van der Waals surface area contributed by atoms with Crippen LogP contribution in [-0.2, 0) is 10.2 Å². The van der Waals surface area contributed by atoms with Gasteiger partial charge in [-0.05, 0) is 59.4 Å². The zero-order chi connectivity index (χ0) is 24.0. The standard InChI is InChI=1S/C28H30N4O2/c1-28(2,3)21-8-5-9-22(18-21)32-26(33)12-11-20-7-4-10-23(17-20)34-24-13-16-29-25(19-24)27-30-14-6-15-31-27/h4-5,7-13,16-19H,6,14-15H2,1-3H3,(H,30,31)(H,32,33)/b12-11+. The van der Waals surface area contributed by atoms with Crippen molar-refractivity contribution in [1.29, 1.82) is 0 Å². The molecular formula is C28H30N4O2. The number of amides is 1. The fraction of sp³-hybridized carbons (Fsp3) is 0.250. The third-order valence-corrected chi connectivity index (χ3v) is 5.39. The van der Waals surface area contributed by atoms with Crippen LogP contribution in [0.15, 0.2) is 77.9 Å². The summed E-state index contributed by atoms with van der Waals surface area (Å²) in [5.74, 6) is 1.97. The van der Waals surface area contributed by atoms with Crippen molar-refractivity contribution in [3.8, 4) is 11.5 Å². The molecule has 0 spiro atoms. The molecule has 34 heavy (non-hydrogen) atoms. The molecule has 0 bridgehead atoms. The van der Waals surface area contributed by atoms with E-state index >= 15 is 0 Å². The van der Waals surface area contributed by atoms with Gasteiger partial charge in [0.05, 0.1) is 0 Å². The van der Waals surface area contributed by atoms with Gasteiger partial charge in [-0.25, -0.2) is 0 Å². The van der Waals surface area contributed by atoms with Crippen molar-refractivity contribution >= 4 is 23.5 Å². The van der Waals surface area contributed by atoms with Gasteiger partial charge in [0.15, 0.2) is 0 Å². The summed E-state index contributed by atoms with van der Waals surface area (Å²) in [4.78, 5) is 21.3. The third-order valence-electron chi connectivity index (χ3n) is 5.39. The molecule has 3 aromatic rings. The van der Waals surface area contributed by atoms with E-state index in [2.05, 4.69) is 47.4 Å². The van der Waals surface area contributed by atoms with Gasteiger partial charge in [0.2, 0.25) is 5.91 Å². The van der Waals surface area contributed by atoms with Crippen LogP contribution in [0.1, 0.15) is 44.0 Å². The number of nitrogens with one attached hydrogen (secondary N) is 2. The summed E-state index contributed by atoms with van der Waals surface area (Å²) in [5.41, 5.74) is 3.60. The van der Waals surface area contributed by atoms with E-state index in [-0.39, 0.29) is 11.3 Å². The monoisotopic (exact) mass is 454 g/mol. The Balaban J connectivity index is 1.41. The van der Waals surface area contributed by atoms with E-state index in [4.69, 9.17) is 4.74 Å². The lowest BCUT2D eigenvalue weighted by Crippen LogP contribution is -2.30. The SMILES string of the molecule is CC(C)(C)c1cccc(NC(=O)/C=C/c2cccc(Oc3ccnc(C4=NCCCN4)c3)c2)c1. The predicted octanol–water partition coefficient (Wildman–Crippen LogP) is 5.56. The van der Waals surface area contributed by atoms with Crippen molar-refractivity contribution in [2.45, 2.75) is 32.6 Å². The number of aliphatic imine (C=N–C) groups is 1. The van der Waals surface area contributed by atoms with Crippen LogP contribution >= 0.6 is 0 Å². The van der Waals surface area contributed by atoms with Gasteiger partial charge >= 0.3 is 0 Å². The molecular weight excluding hydrogens is 424 g/mol. The molecule has 1 aromatic heterocycles. The van der Waals surface area contributed by atoms with Gasteiger partial charge in [0.25, 0.3) is 0 Å². The highest BCUT2D eigenvalue weighted by Crippen LogP contribution is 2.25. The Morgan fingerprint density at radius 2 is 1.88 bits per heavy atom. The molecule has 1 aliphatic heterocycles. The number of aromatic nitrogens is 1. The second kappa shape index (κ2) is 10.3. The van der Waals surface area contributed by atoms with E-state index in [1.54, 1.807) is 12.3 Å². The summed E-state index contributed by atoms with van der Waals surface area (Å²) in [6, 6.07) is 19.2. The molecule has 0 saturated heterocycles. The van der Waals surface area contributed by atoms with Crippen molar-refractivity contribution in [3.05, 3.63) is 89.8 Å². The molecule has 0 saturated carbocycles. The average Bonchev–Trinajstić information content (AvgIpc) is 2.83. The van der Waals surface area contributed by atoms with Gasteiger partial charge < -0.3 is 15.4 Å². The first-order valence-electron chi connectivity index (χ1n) is 11.5. The maximum absolute atomic E-state index is 12.5. The number of anilines is 1. The Morgan fingerprint density at radius 3 is 2.68 bits per heavy atom. The van der Waals surface area contributed by atoms with Crippen molar-refractivity contribution in [2.75, 3.05) is 18.4 Å². The predicted molar refractivity (Wildman–Crippen MR) is 138 cm³/mol. The molecule has 2 aromatic carbocycles. The summed E-state index contributed by atoms with van der Waals surface area (Å²) < 4.78 is 6.04. The molecule has 2 N–H and O–H groups in total. The number of ether oxygens (including phenoxy) is 1. The van der Waals surface area contributed by atoms with E-state index in [0.29, 0.717) is 11.5 Å². The zero-order valence-corrected chi connectivity index (χ0v) is 19.8. The van der Waals surface area contributed by atoms with E-state index in [0.717, 1.165) is 42.3 Å². The molecule has 174 valence electrons. The summed E-state index contributed by atoms with van der Waals surface area (Å²) in [7, 11) is 0. The van der Waals surface area contributed by atoms with Crippen LogP contribution in [0.4, 0.5) is 5.69 Å². The Bertz CT molecular complexity index is 1220. The van der Waals surface area contributed by atoms with E-state index in [1.165, 1.54) is 11.6 Å². The molecule has 0 radical (unpaired) electrons. The van der Waals surface area contributed by atoms with Crippen molar-refractivity contribution in [2.24, 2.45) is 4.99 Å². The number of nitrogens with zero attached hydrogens (tertiary/aromatic N) is 2. The van der Waals surface area contributed by atoms with Crippen molar-refractivity contribution in [3.63, 3.8) is 0 Å². The van der Waals surface area contributed by atoms with Gasteiger partial charge in [-0.1, -0.05) is 45.0 Å². The summed E-state index contributed by atoms with van der Waals surface area (Å²) >= 11 is 0. The maximum atomic E-state index is 12.5. The van der Waals surface area contributed by atoms with Gasteiger partial charge in [0, 0.05) is 37.1 Å². The van der Waals surface area contributed by atoms with E-state index < -0.39 is 0 Å². The minimum absolute atomic E-state index is 0.0208. The fourth-order valence-corrected chi connectivity index (χ4v) is 3.55. The summed E-state index contributed by atoms with van der Waals surface area (Å²) in [6.45, 7) is 8.15. The van der Waals surface area contributed by atoms with E-state index in [9.17, 15) is 4.79 Å². The first kappa shape index (κ1) is 23.2. The lowest BCUT2D eigenvalue weighted by Gasteiger charge is -2.19. The van der Waals surface area contributed by atoms with Crippen LogP contribution < -0.4 is 15.4 Å². The fourth-order valence-electron chi connectivity index (χ4n) is 3.55. The molecule has 0 aliphatic carbocycles. The molecule has 0 unspecified atom stereocenters. The van der Waals surface area contributed by atoms with E-state index in [1.807, 2.05) is 54.6 Å². The minimum atomic E-state index is -0.183. The van der Waals surface area contributed by atoms with Crippen LogP contribution in [-0.4, -0.2) is 29.8 Å². The van der Waals surface area contributed by atoms with Crippen molar-refractivity contribution in [1.82, 2.24) is 10.3 Å². The molecule has 6 nitrogen and oxygen atoms in total. The second-order valence-corrected chi connectivity index (χ2v) is 9.22. The van der Waals surface area contributed by atoms with Gasteiger partial charge in [-0.2, -0.15) is 0 Å². The molecule has 1 amide bonds. The molecule has 1 aliphatic rings. The van der Waals surface area contributed by atoms with Crippen LogP contribution in [0.5, 0.6) is 11.5 Å². The zero-order valence-electron chi connectivity index (χ0n) is 19.8. The minimum Gasteiger partial charge on any atom is -0.457 e. The smallest absolute Gasteiger partial charge is 0.248 e. The Hall–Kier alpha value is -3.93. The molecule has 0 fully saturated rings. The first-order chi connectivity index (χ1) is 16.4. The maximum Gasteiger partial charge on any atom is 0.248 e. The average molecular weight is 455 g/mol. The number of carbonyl (C=O) groups excluding carboxylic acids is 1. The summed E-state index contributed by atoms with van der Waals surface area (Å²) in [6.07, 6.45) is 6.04. The molecule has 2 heterocycles. The second-order valence-electron chi connectivity index (χ2n) is 9.22. The number of amidine groups is 1. The number of carbonyl (C=O) groups is 1. The lowest BCUT2D eigenvalue weighted by atomic mass is 9.87. The number of rotatable bonds is 6. The largest absolute Gasteiger partial charge is 0.457 e. The Morgan fingerprint density at radius 1 is 1.06 bits per heavy atom. The van der Waals surface area contributed by atoms with Gasteiger partial charge in [0.1, 0.15) is 23.0 Å². The van der Waals surface area contributed by atoms with Crippen LogP contribution in [0.3, 0.4) is 0 Å². The molecule has 0 atom stereocenters.